The van der Waals surface area contributed by atoms with Crippen LogP contribution in [0, 0.1) is 42.5 Å². The van der Waals surface area contributed by atoms with E-state index in [1.54, 1.807) is 0 Å². The second-order valence-corrected chi connectivity index (χ2v) is 10.7. The number of halogens is 2. The topological polar surface area (TPSA) is 0 Å². The molecule has 0 unspecified atom stereocenters. The summed E-state index contributed by atoms with van der Waals surface area (Å²) < 4.78 is 0. The molecule has 6 aromatic carbocycles. The van der Waals surface area contributed by atoms with E-state index in [2.05, 4.69) is 152 Å². The molecular formula is C39H44Cl2SiZr-4. The van der Waals surface area contributed by atoms with Crippen LogP contribution in [-0.2, 0) is 23.3 Å². The molecule has 0 fully saturated rings. The monoisotopic (exact) mass is 700 g/mol. The van der Waals surface area contributed by atoms with Crippen molar-refractivity contribution < 1.29 is 23.3 Å². The SMILES string of the molecule is Cc1cc2c(-c3ccccc3)ccc(C)c2[cH-]1.Cc1ccc(-c2cccc3[cH-]c(C(C)C)cc23)cc1C.Cl.Cl.[CH3-].[CH3-].[Si]=[Zr]. The maximum absolute atomic E-state index is 3.06. The number of hydrogen-bond acceptors (Lipinski definition) is 0. The van der Waals surface area contributed by atoms with Gasteiger partial charge in [0.1, 0.15) is 0 Å². The zero-order valence-corrected chi connectivity index (χ0v) is 31.8. The van der Waals surface area contributed by atoms with Gasteiger partial charge in [0.15, 0.2) is 0 Å². The third-order valence-corrected chi connectivity index (χ3v) is 7.59. The molecule has 4 heteroatoms. The quantitative estimate of drug-likeness (QED) is 0.127. The van der Waals surface area contributed by atoms with Gasteiger partial charge in [-0.3, -0.25) is 0 Å². The van der Waals surface area contributed by atoms with Crippen LogP contribution in [0.4, 0.5) is 0 Å². The predicted octanol–water partition coefficient (Wildman–Crippen LogP) is 12.2. The van der Waals surface area contributed by atoms with Crippen molar-refractivity contribution in [3.05, 3.63) is 146 Å². The van der Waals surface area contributed by atoms with Crippen molar-refractivity contribution in [2.24, 2.45) is 0 Å². The van der Waals surface area contributed by atoms with Crippen LogP contribution in [0.15, 0.2) is 103 Å². The van der Waals surface area contributed by atoms with Gasteiger partial charge in [0, 0.05) is 0 Å². The van der Waals surface area contributed by atoms with Gasteiger partial charge in [-0.25, -0.2) is 0 Å². The van der Waals surface area contributed by atoms with Crippen LogP contribution >= 0.6 is 24.8 Å². The molecule has 0 heterocycles. The summed E-state index contributed by atoms with van der Waals surface area (Å²) in [5.74, 6) is 0.579. The molecule has 0 spiro atoms. The molecule has 0 aromatic heterocycles. The van der Waals surface area contributed by atoms with Gasteiger partial charge >= 0.3 is 30.2 Å². The predicted molar refractivity (Wildman–Crippen MR) is 196 cm³/mol. The number of hydrogen-bond donors (Lipinski definition) is 0. The number of fused-ring (bicyclic) bond motifs is 2. The van der Waals surface area contributed by atoms with Crippen LogP contribution in [-0.4, -0.2) is 6.88 Å². The van der Waals surface area contributed by atoms with Crippen molar-refractivity contribution in [1.82, 2.24) is 0 Å². The minimum absolute atomic E-state index is 0. The first kappa shape index (κ1) is 40.8. The summed E-state index contributed by atoms with van der Waals surface area (Å²) in [5, 5.41) is 5.47. The fourth-order valence-electron chi connectivity index (χ4n) is 5.21. The summed E-state index contributed by atoms with van der Waals surface area (Å²) in [6.45, 7) is 16.3. The first-order valence-electron chi connectivity index (χ1n) is 13.6. The molecule has 0 aliphatic carbocycles. The van der Waals surface area contributed by atoms with E-state index in [1.807, 2.05) is 0 Å². The Hall–Kier alpha value is -2.22. The van der Waals surface area contributed by atoms with E-state index in [9.17, 15) is 0 Å². The Labute approximate surface area is 290 Å². The van der Waals surface area contributed by atoms with E-state index < -0.39 is 0 Å². The zero-order chi connectivity index (χ0) is 28.1. The normalized spacial score (nSPS) is 9.72. The van der Waals surface area contributed by atoms with Gasteiger partial charge in [0.05, 0.1) is 0 Å². The molecular weight excluding hydrogens is 659 g/mol. The average Bonchev–Trinajstić information content (AvgIpc) is 3.57. The van der Waals surface area contributed by atoms with Gasteiger partial charge in [-0.05, 0) is 42.0 Å². The van der Waals surface area contributed by atoms with Crippen LogP contribution in [0.1, 0.15) is 47.6 Å². The molecule has 0 atom stereocenters. The summed E-state index contributed by atoms with van der Waals surface area (Å²) in [4.78, 5) is 0. The Morgan fingerprint density at radius 2 is 1.21 bits per heavy atom. The summed E-state index contributed by atoms with van der Waals surface area (Å²) in [5.41, 5.74) is 12.1. The molecule has 0 amide bonds. The maximum atomic E-state index is 3.06. The standard InChI is InChI=1S/C20H21.C17H15.2CH3.2ClH.Si.Zr/c1-13(2)18-11-16-6-5-7-19(20(16)12-18)17-9-8-14(3)15(4)10-17;1-12-10-16-13(2)8-9-15(17(16)11-12)14-6-4-3-5-7-14;;;;;;/h5-13H,1-4H3;3-11H,1-2H3;2*1H3;2*1H;;/q4*-1;;;;. The molecule has 0 saturated carbocycles. The van der Waals surface area contributed by atoms with Crippen molar-refractivity contribution >= 4 is 53.2 Å². The van der Waals surface area contributed by atoms with Gasteiger partial charge in [-0.1, -0.05) is 99.5 Å². The van der Waals surface area contributed by atoms with E-state index in [0.29, 0.717) is 5.92 Å². The van der Waals surface area contributed by atoms with Crippen LogP contribution < -0.4 is 0 Å². The van der Waals surface area contributed by atoms with Crippen LogP contribution in [0.25, 0.3) is 43.8 Å². The van der Waals surface area contributed by atoms with Crippen molar-refractivity contribution in [3.63, 3.8) is 0 Å². The molecule has 0 nitrogen and oxygen atoms in total. The fourth-order valence-corrected chi connectivity index (χ4v) is 5.21. The van der Waals surface area contributed by atoms with E-state index in [4.69, 9.17) is 0 Å². The molecule has 43 heavy (non-hydrogen) atoms. The molecule has 0 saturated heterocycles. The molecule has 0 N–H and O–H groups in total. The third-order valence-electron chi connectivity index (χ3n) is 7.59. The zero-order valence-electron chi connectivity index (χ0n) is 26.7. The third kappa shape index (κ3) is 9.39. The molecule has 226 valence electrons. The van der Waals surface area contributed by atoms with E-state index >= 15 is 0 Å². The minimum atomic E-state index is 0. The first-order valence-corrected chi connectivity index (χ1v) is 17.7. The number of rotatable bonds is 3. The fraction of sp³-hybridized carbons (Fsp3) is 0.179. The van der Waals surface area contributed by atoms with Crippen LogP contribution in [0.3, 0.4) is 0 Å². The Morgan fingerprint density at radius 1 is 0.581 bits per heavy atom. The summed E-state index contributed by atoms with van der Waals surface area (Å²) in [6, 6.07) is 37.6. The van der Waals surface area contributed by atoms with Gasteiger partial charge in [0.25, 0.3) is 0 Å². The van der Waals surface area contributed by atoms with E-state index in [-0.39, 0.29) is 39.7 Å². The van der Waals surface area contributed by atoms with Gasteiger partial charge in [0.2, 0.25) is 0 Å². The van der Waals surface area contributed by atoms with Gasteiger partial charge < -0.3 is 14.9 Å². The van der Waals surface area contributed by atoms with Crippen LogP contribution in [0.2, 0.25) is 0 Å². The summed E-state index contributed by atoms with van der Waals surface area (Å²) in [6.07, 6.45) is 0. The molecule has 0 aliphatic heterocycles. The molecule has 0 bridgehead atoms. The molecule has 0 aliphatic rings. The molecule has 6 aromatic rings. The Kier molecular flexibility index (Phi) is 17.6. The Morgan fingerprint density at radius 3 is 1.84 bits per heavy atom. The van der Waals surface area contributed by atoms with Gasteiger partial charge in [-0.2, -0.15) is 12.1 Å². The van der Waals surface area contributed by atoms with Crippen molar-refractivity contribution in [3.8, 4) is 22.3 Å². The second-order valence-electron chi connectivity index (χ2n) is 10.7. The van der Waals surface area contributed by atoms with Crippen LogP contribution in [0.5, 0.6) is 0 Å². The van der Waals surface area contributed by atoms with Crippen molar-refractivity contribution in [2.45, 2.75) is 47.5 Å². The Bertz CT molecular complexity index is 1710. The number of aryl methyl sites for hydroxylation is 4. The summed E-state index contributed by atoms with van der Waals surface area (Å²) >= 11 is 1.36. The Balaban J connectivity index is 0.000000719. The van der Waals surface area contributed by atoms with Gasteiger partial charge in [-0.15, -0.1) is 93.4 Å². The molecule has 2 radical (unpaired) electrons. The molecule has 6 rings (SSSR count). The van der Waals surface area contributed by atoms with Crippen molar-refractivity contribution in [1.29, 1.82) is 0 Å². The number of benzene rings is 4. The summed E-state index contributed by atoms with van der Waals surface area (Å²) in [7, 11) is 0. The van der Waals surface area contributed by atoms with Crippen molar-refractivity contribution in [2.75, 3.05) is 0 Å². The van der Waals surface area contributed by atoms with E-state index in [0.717, 1.165) is 0 Å². The average molecular weight is 703 g/mol. The second kappa shape index (κ2) is 18.6. The first-order chi connectivity index (χ1) is 18.8. The van der Waals surface area contributed by atoms with E-state index in [1.165, 1.54) is 95.0 Å².